The number of benzene rings is 2. The first kappa shape index (κ1) is 17.6. The number of nitrogens with zero attached hydrogens (tertiary/aromatic N) is 4. The molecule has 6 heteroatoms. The molecule has 4 aromatic rings. The molecule has 2 aromatic carbocycles. The molecule has 0 atom stereocenters. The van der Waals surface area contributed by atoms with Crippen LogP contribution in [0.25, 0.3) is 22.3 Å². The fraction of sp³-hybridized carbons (Fsp3) is 0.174. The Morgan fingerprint density at radius 1 is 1.03 bits per heavy atom. The van der Waals surface area contributed by atoms with Crippen LogP contribution in [0.3, 0.4) is 0 Å². The number of amides is 1. The number of rotatable bonds is 4. The Balaban J connectivity index is 1.63. The SMILES string of the molecule is O=C(c1cc(-c2ccccc2)nc2c1cnn2Cc1ccccc1)N1CC(F)C1. The molecule has 1 aliphatic heterocycles. The van der Waals surface area contributed by atoms with Crippen LogP contribution in [0.2, 0.25) is 0 Å². The van der Waals surface area contributed by atoms with E-state index in [9.17, 15) is 9.18 Å². The maximum atomic E-state index is 13.3. The average Bonchev–Trinajstić information content (AvgIpc) is 3.14. The molecule has 0 bridgehead atoms. The van der Waals surface area contributed by atoms with E-state index in [1.807, 2.05) is 65.3 Å². The largest absolute Gasteiger partial charge is 0.333 e. The topological polar surface area (TPSA) is 51.0 Å². The van der Waals surface area contributed by atoms with Gasteiger partial charge in [0.1, 0.15) is 6.17 Å². The Hall–Kier alpha value is -3.54. The number of carbonyl (C=O) groups is 1. The van der Waals surface area contributed by atoms with Crippen LogP contribution in [-0.2, 0) is 6.54 Å². The lowest BCUT2D eigenvalue weighted by atomic mass is 10.0. The van der Waals surface area contributed by atoms with E-state index >= 15 is 0 Å². The van der Waals surface area contributed by atoms with Crippen molar-refractivity contribution >= 4 is 16.9 Å². The molecule has 1 saturated heterocycles. The van der Waals surface area contributed by atoms with Crippen LogP contribution in [0.1, 0.15) is 15.9 Å². The van der Waals surface area contributed by atoms with Crippen LogP contribution in [0.5, 0.6) is 0 Å². The monoisotopic (exact) mass is 386 g/mol. The lowest BCUT2D eigenvalue weighted by molar-refractivity contribution is 0.0402. The van der Waals surface area contributed by atoms with Crippen molar-refractivity contribution in [3.05, 3.63) is 84.1 Å². The highest BCUT2D eigenvalue weighted by molar-refractivity contribution is 6.06. The van der Waals surface area contributed by atoms with Crippen LogP contribution < -0.4 is 0 Å². The van der Waals surface area contributed by atoms with E-state index in [0.717, 1.165) is 11.1 Å². The van der Waals surface area contributed by atoms with E-state index in [-0.39, 0.29) is 19.0 Å². The summed E-state index contributed by atoms with van der Waals surface area (Å²) in [5.41, 5.74) is 3.88. The summed E-state index contributed by atoms with van der Waals surface area (Å²) >= 11 is 0. The summed E-state index contributed by atoms with van der Waals surface area (Å²) in [4.78, 5) is 19.4. The first-order valence-electron chi connectivity index (χ1n) is 9.58. The van der Waals surface area contributed by atoms with Crippen molar-refractivity contribution in [2.75, 3.05) is 13.1 Å². The summed E-state index contributed by atoms with van der Waals surface area (Å²) in [5, 5.41) is 5.18. The number of likely N-dealkylation sites (tertiary alicyclic amines) is 1. The molecular formula is C23H19FN4O. The van der Waals surface area contributed by atoms with Crippen molar-refractivity contribution < 1.29 is 9.18 Å². The predicted octanol–water partition coefficient (Wildman–Crippen LogP) is 3.94. The zero-order valence-electron chi connectivity index (χ0n) is 15.7. The van der Waals surface area contributed by atoms with E-state index in [2.05, 4.69) is 5.10 Å². The van der Waals surface area contributed by atoms with E-state index < -0.39 is 6.17 Å². The second kappa shape index (κ2) is 7.13. The van der Waals surface area contributed by atoms with Gasteiger partial charge in [-0.1, -0.05) is 60.7 Å². The van der Waals surface area contributed by atoms with Gasteiger partial charge in [-0.25, -0.2) is 14.1 Å². The molecule has 5 nitrogen and oxygen atoms in total. The molecule has 0 spiro atoms. The number of alkyl halides is 1. The highest BCUT2D eigenvalue weighted by Crippen LogP contribution is 2.27. The molecule has 0 aliphatic carbocycles. The van der Waals surface area contributed by atoms with Crippen LogP contribution >= 0.6 is 0 Å². The summed E-state index contributed by atoms with van der Waals surface area (Å²) in [7, 11) is 0. The fourth-order valence-corrected chi connectivity index (χ4v) is 3.61. The molecule has 3 heterocycles. The first-order chi connectivity index (χ1) is 14.2. The molecule has 1 fully saturated rings. The van der Waals surface area contributed by atoms with Crippen molar-refractivity contribution in [2.24, 2.45) is 0 Å². The highest BCUT2D eigenvalue weighted by Gasteiger charge is 2.32. The average molecular weight is 386 g/mol. The lowest BCUT2D eigenvalue weighted by Gasteiger charge is -2.34. The van der Waals surface area contributed by atoms with Gasteiger partial charge in [-0.15, -0.1) is 0 Å². The van der Waals surface area contributed by atoms with Gasteiger partial charge in [-0.2, -0.15) is 5.10 Å². The van der Waals surface area contributed by atoms with Crippen LogP contribution in [0.4, 0.5) is 4.39 Å². The molecule has 0 N–H and O–H groups in total. The minimum atomic E-state index is -0.939. The Kier molecular flexibility index (Phi) is 4.31. The first-order valence-corrected chi connectivity index (χ1v) is 9.58. The Morgan fingerprint density at radius 2 is 1.72 bits per heavy atom. The van der Waals surface area contributed by atoms with E-state index in [1.54, 1.807) is 12.3 Å². The summed E-state index contributed by atoms with van der Waals surface area (Å²) in [6, 6.07) is 21.5. The molecular weight excluding hydrogens is 367 g/mol. The van der Waals surface area contributed by atoms with E-state index in [4.69, 9.17) is 4.98 Å². The number of fused-ring (bicyclic) bond motifs is 1. The van der Waals surface area contributed by atoms with Gasteiger partial charge < -0.3 is 4.90 Å². The number of aromatic nitrogens is 3. The molecule has 29 heavy (non-hydrogen) atoms. The van der Waals surface area contributed by atoms with Gasteiger partial charge in [0.05, 0.1) is 42.5 Å². The van der Waals surface area contributed by atoms with Gasteiger partial charge in [0.2, 0.25) is 0 Å². The molecule has 0 radical (unpaired) electrons. The number of pyridine rings is 1. The van der Waals surface area contributed by atoms with Crippen LogP contribution in [-0.4, -0.2) is 44.8 Å². The molecule has 5 rings (SSSR count). The predicted molar refractivity (Wildman–Crippen MR) is 109 cm³/mol. The van der Waals surface area contributed by atoms with Crippen molar-refractivity contribution in [1.29, 1.82) is 0 Å². The number of carbonyl (C=O) groups excluding carboxylic acids is 1. The highest BCUT2D eigenvalue weighted by atomic mass is 19.1. The number of hydrogen-bond acceptors (Lipinski definition) is 3. The van der Waals surface area contributed by atoms with Crippen molar-refractivity contribution in [2.45, 2.75) is 12.7 Å². The van der Waals surface area contributed by atoms with Crippen molar-refractivity contribution in [3.8, 4) is 11.3 Å². The Morgan fingerprint density at radius 3 is 2.41 bits per heavy atom. The minimum absolute atomic E-state index is 0.140. The molecule has 144 valence electrons. The maximum absolute atomic E-state index is 13.3. The van der Waals surface area contributed by atoms with Gasteiger partial charge in [0.15, 0.2) is 5.65 Å². The molecule has 1 amide bonds. The summed E-state index contributed by atoms with van der Waals surface area (Å²) in [6.07, 6.45) is 0.741. The van der Waals surface area contributed by atoms with Gasteiger partial charge in [-0.05, 0) is 11.6 Å². The lowest BCUT2D eigenvalue weighted by Crippen LogP contribution is -2.51. The summed E-state index contributed by atoms with van der Waals surface area (Å²) in [5.74, 6) is -0.178. The number of halogens is 1. The van der Waals surface area contributed by atoms with Crippen molar-refractivity contribution in [1.82, 2.24) is 19.7 Å². The molecule has 2 aromatic heterocycles. The normalized spacial score (nSPS) is 14.2. The Labute approximate surface area is 167 Å². The summed E-state index contributed by atoms with van der Waals surface area (Å²) in [6.45, 7) is 0.836. The van der Waals surface area contributed by atoms with E-state index in [0.29, 0.717) is 28.8 Å². The standard InChI is InChI=1S/C23H19FN4O/c24-18-14-27(15-18)23(29)19-11-21(17-9-5-2-6-10-17)26-22-20(19)12-25-28(22)13-16-7-3-1-4-8-16/h1-12,18H,13-15H2. The van der Waals surface area contributed by atoms with Crippen LogP contribution in [0, 0.1) is 0 Å². The van der Waals surface area contributed by atoms with Gasteiger partial charge in [0.25, 0.3) is 5.91 Å². The third kappa shape index (κ3) is 3.27. The maximum Gasteiger partial charge on any atom is 0.254 e. The zero-order chi connectivity index (χ0) is 19.8. The molecule has 0 unspecified atom stereocenters. The van der Waals surface area contributed by atoms with Gasteiger partial charge >= 0.3 is 0 Å². The molecule has 0 saturated carbocycles. The quantitative estimate of drug-likeness (QED) is 0.534. The third-order valence-electron chi connectivity index (χ3n) is 5.21. The molecule has 1 aliphatic rings. The minimum Gasteiger partial charge on any atom is -0.333 e. The van der Waals surface area contributed by atoms with Crippen LogP contribution in [0.15, 0.2) is 72.9 Å². The second-order valence-electron chi connectivity index (χ2n) is 7.25. The fourth-order valence-electron chi connectivity index (χ4n) is 3.61. The zero-order valence-corrected chi connectivity index (χ0v) is 15.7. The van der Waals surface area contributed by atoms with Crippen molar-refractivity contribution in [3.63, 3.8) is 0 Å². The van der Waals surface area contributed by atoms with Gasteiger partial charge in [-0.3, -0.25) is 4.79 Å². The second-order valence-corrected chi connectivity index (χ2v) is 7.25. The smallest absolute Gasteiger partial charge is 0.254 e. The Bertz CT molecular complexity index is 1170. The number of hydrogen-bond donors (Lipinski definition) is 0. The summed E-state index contributed by atoms with van der Waals surface area (Å²) < 4.78 is 15.1. The van der Waals surface area contributed by atoms with E-state index in [1.165, 1.54) is 4.90 Å². The third-order valence-corrected chi connectivity index (χ3v) is 5.21. The van der Waals surface area contributed by atoms with Gasteiger partial charge in [0, 0.05) is 5.56 Å².